The Morgan fingerprint density at radius 3 is 2.36 bits per heavy atom. The van der Waals surface area contributed by atoms with Crippen molar-refractivity contribution in [3.8, 4) is 6.07 Å². The van der Waals surface area contributed by atoms with Gasteiger partial charge in [0.1, 0.15) is 12.6 Å². The first-order valence-electron chi connectivity index (χ1n) is 8.27. The molecule has 0 heterocycles. The SMILES string of the molecule is N#CCNC(=O)[C@H](CS(=O)(=O)Cc1ccccc1Cl)NC(=O)c1ccccc1. The second-order valence-electron chi connectivity index (χ2n) is 5.91. The van der Waals surface area contributed by atoms with Crippen molar-refractivity contribution in [3.63, 3.8) is 0 Å². The summed E-state index contributed by atoms with van der Waals surface area (Å²) in [6.07, 6.45) is 0. The van der Waals surface area contributed by atoms with Crippen molar-refractivity contribution in [3.05, 3.63) is 70.7 Å². The van der Waals surface area contributed by atoms with Gasteiger partial charge in [0, 0.05) is 10.6 Å². The van der Waals surface area contributed by atoms with E-state index in [1.807, 2.05) is 0 Å². The summed E-state index contributed by atoms with van der Waals surface area (Å²) >= 11 is 6.01. The molecule has 0 aliphatic heterocycles. The van der Waals surface area contributed by atoms with E-state index in [-0.39, 0.29) is 17.9 Å². The summed E-state index contributed by atoms with van der Waals surface area (Å²) in [5.74, 6) is -2.36. The Kier molecular flexibility index (Phi) is 7.55. The van der Waals surface area contributed by atoms with E-state index in [0.29, 0.717) is 10.6 Å². The number of sulfone groups is 1. The lowest BCUT2D eigenvalue weighted by molar-refractivity contribution is -0.122. The Morgan fingerprint density at radius 1 is 1.07 bits per heavy atom. The molecule has 0 aliphatic rings. The summed E-state index contributed by atoms with van der Waals surface area (Å²) in [6.45, 7) is -0.304. The molecule has 0 unspecified atom stereocenters. The molecule has 2 aromatic carbocycles. The lowest BCUT2D eigenvalue weighted by atomic mass is 10.2. The van der Waals surface area contributed by atoms with Crippen LogP contribution in [0.1, 0.15) is 15.9 Å². The van der Waals surface area contributed by atoms with Crippen LogP contribution in [-0.2, 0) is 20.4 Å². The Morgan fingerprint density at radius 2 is 1.71 bits per heavy atom. The molecule has 2 rings (SSSR count). The molecule has 0 spiro atoms. The molecular formula is C19H18ClN3O4S. The van der Waals surface area contributed by atoms with E-state index in [1.165, 1.54) is 12.1 Å². The molecule has 0 fully saturated rings. The third-order valence-corrected chi connectivity index (χ3v) is 5.71. The van der Waals surface area contributed by atoms with Crippen molar-refractivity contribution >= 4 is 33.3 Å². The van der Waals surface area contributed by atoms with Gasteiger partial charge in [-0.25, -0.2) is 8.42 Å². The summed E-state index contributed by atoms with van der Waals surface area (Å²) in [5, 5.41) is 13.6. The van der Waals surface area contributed by atoms with E-state index in [9.17, 15) is 18.0 Å². The van der Waals surface area contributed by atoms with E-state index < -0.39 is 33.4 Å². The first-order valence-corrected chi connectivity index (χ1v) is 10.5. The number of amides is 2. The number of hydrogen-bond donors (Lipinski definition) is 2. The zero-order chi connectivity index (χ0) is 20.6. The number of hydrogen-bond acceptors (Lipinski definition) is 5. The van der Waals surface area contributed by atoms with E-state index in [2.05, 4.69) is 10.6 Å². The van der Waals surface area contributed by atoms with Gasteiger partial charge in [-0.05, 0) is 23.8 Å². The van der Waals surface area contributed by atoms with Gasteiger partial charge in [0.15, 0.2) is 9.84 Å². The van der Waals surface area contributed by atoms with Crippen molar-refractivity contribution in [1.29, 1.82) is 5.26 Å². The first kappa shape index (κ1) is 21.4. The highest BCUT2D eigenvalue weighted by Gasteiger charge is 2.28. The van der Waals surface area contributed by atoms with Crippen molar-refractivity contribution < 1.29 is 18.0 Å². The van der Waals surface area contributed by atoms with Gasteiger partial charge < -0.3 is 10.6 Å². The molecule has 0 bridgehead atoms. The highest BCUT2D eigenvalue weighted by atomic mass is 35.5. The quantitative estimate of drug-likeness (QED) is 0.631. The molecule has 0 radical (unpaired) electrons. The molecule has 0 aromatic heterocycles. The van der Waals surface area contributed by atoms with Gasteiger partial charge in [0.25, 0.3) is 5.91 Å². The van der Waals surface area contributed by atoms with Crippen LogP contribution >= 0.6 is 11.6 Å². The topological polar surface area (TPSA) is 116 Å². The van der Waals surface area contributed by atoms with Gasteiger partial charge >= 0.3 is 0 Å². The average Bonchev–Trinajstić information content (AvgIpc) is 2.67. The van der Waals surface area contributed by atoms with Crippen LogP contribution in [0.5, 0.6) is 0 Å². The largest absolute Gasteiger partial charge is 0.341 e. The normalized spacial score (nSPS) is 11.9. The predicted octanol–water partition coefficient (Wildman–Crippen LogP) is 1.69. The molecule has 0 saturated carbocycles. The van der Waals surface area contributed by atoms with Crippen molar-refractivity contribution in [2.24, 2.45) is 0 Å². The Hall–Kier alpha value is -2.89. The van der Waals surface area contributed by atoms with Crippen LogP contribution < -0.4 is 10.6 Å². The number of carbonyl (C=O) groups is 2. The van der Waals surface area contributed by atoms with Crippen molar-refractivity contribution in [2.45, 2.75) is 11.8 Å². The second kappa shape index (κ2) is 9.88. The molecule has 0 saturated heterocycles. The van der Waals surface area contributed by atoms with Gasteiger partial charge in [-0.1, -0.05) is 48.0 Å². The smallest absolute Gasteiger partial charge is 0.251 e. The maximum atomic E-state index is 12.6. The van der Waals surface area contributed by atoms with Crippen LogP contribution in [0.3, 0.4) is 0 Å². The number of benzene rings is 2. The average molecular weight is 420 g/mol. The lowest BCUT2D eigenvalue weighted by Gasteiger charge is -2.18. The zero-order valence-corrected chi connectivity index (χ0v) is 16.3. The van der Waals surface area contributed by atoms with Gasteiger partial charge in [-0.15, -0.1) is 0 Å². The van der Waals surface area contributed by atoms with E-state index in [4.69, 9.17) is 16.9 Å². The van der Waals surface area contributed by atoms with Gasteiger partial charge in [-0.2, -0.15) is 5.26 Å². The predicted molar refractivity (Wildman–Crippen MR) is 105 cm³/mol. The third-order valence-electron chi connectivity index (χ3n) is 3.75. The van der Waals surface area contributed by atoms with Crippen LogP contribution in [0, 0.1) is 11.3 Å². The van der Waals surface area contributed by atoms with Crippen molar-refractivity contribution in [2.75, 3.05) is 12.3 Å². The summed E-state index contributed by atoms with van der Waals surface area (Å²) in [6, 6.07) is 15.0. The van der Waals surface area contributed by atoms with Crippen LogP contribution in [-0.4, -0.2) is 38.6 Å². The maximum Gasteiger partial charge on any atom is 0.251 e. The maximum absolute atomic E-state index is 12.6. The summed E-state index contributed by atoms with van der Waals surface area (Å²) in [7, 11) is -3.80. The monoisotopic (exact) mass is 419 g/mol. The molecule has 2 aromatic rings. The fourth-order valence-electron chi connectivity index (χ4n) is 2.43. The number of rotatable bonds is 8. The minimum absolute atomic E-state index is 0.282. The lowest BCUT2D eigenvalue weighted by Crippen LogP contribution is -2.50. The molecule has 146 valence electrons. The van der Waals surface area contributed by atoms with Crippen molar-refractivity contribution in [1.82, 2.24) is 10.6 Å². The van der Waals surface area contributed by atoms with Gasteiger partial charge in [0.2, 0.25) is 5.91 Å². The fraction of sp³-hybridized carbons (Fsp3) is 0.211. The molecular weight excluding hydrogens is 402 g/mol. The second-order valence-corrected chi connectivity index (χ2v) is 8.43. The minimum Gasteiger partial charge on any atom is -0.341 e. The fourth-order valence-corrected chi connectivity index (χ4v) is 4.30. The summed E-state index contributed by atoms with van der Waals surface area (Å²) in [5.41, 5.74) is 0.679. The van der Waals surface area contributed by atoms with Crippen LogP contribution in [0.2, 0.25) is 5.02 Å². The molecule has 28 heavy (non-hydrogen) atoms. The van der Waals surface area contributed by atoms with E-state index in [0.717, 1.165) is 0 Å². The summed E-state index contributed by atoms with van der Waals surface area (Å²) in [4.78, 5) is 24.7. The Labute approximate surface area is 168 Å². The van der Waals surface area contributed by atoms with E-state index in [1.54, 1.807) is 48.5 Å². The number of nitriles is 1. The highest BCUT2D eigenvalue weighted by Crippen LogP contribution is 2.18. The number of halogens is 1. The van der Waals surface area contributed by atoms with Crippen LogP contribution in [0.15, 0.2) is 54.6 Å². The molecule has 2 N–H and O–H groups in total. The summed E-state index contributed by atoms with van der Waals surface area (Å²) < 4.78 is 25.2. The minimum atomic E-state index is -3.80. The molecule has 7 nitrogen and oxygen atoms in total. The molecule has 9 heteroatoms. The molecule has 2 amide bonds. The first-order chi connectivity index (χ1) is 13.3. The number of nitrogens with one attached hydrogen (secondary N) is 2. The van der Waals surface area contributed by atoms with Crippen LogP contribution in [0.4, 0.5) is 0 Å². The third kappa shape index (κ3) is 6.37. The standard InChI is InChI=1S/C19H18ClN3O4S/c20-16-9-5-4-8-15(16)12-28(26,27)13-17(19(25)22-11-10-21)23-18(24)14-6-2-1-3-7-14/h1-9,17H,11-13H2,(H,22,25)(H,23,24)/t17-/m0/s1. The number of carbonyl (C=O) groups excluding carboxylic acids is 2. The van der Waals surface area contributed by atoms with Gasteiger partial charge in [0.05, 0.1) is 17.6 Å². The molecule has 0 aliphatic carbocycles. The zero-order valence-electron chi connectivity index (χ0n) is 14.8. The van der Waals surface area contributed by atoms with Gasteiger partial charge in [-0.3, -0.25) is 9.59 Å². The number of nitrogens with zero attached hydrogens (tertiary/aromatic N) is 1. The van der Waals surface area contributed by atoms with E-state index >= 15 is 0 Å². The Balaban J connectivity index is 2.18. The highest BCUT2D eigenvalue weighted by molar-refractivity contribution is 7.90. The molecule has 1 atom stereocenters. The Bertz CT molecular complexity index is 988. The van der Waals surface area contributed by atoms with Crippen LogP contribution in [0.25, 0.3) is 0 Å².